The minimum atomic E-state index is -3.66. The number of sulfonamides is 1. The maximum atomic E-state index is 13.3. The molecule has 2 rings (SSSR count). The Hall–Kier alpha value is -0.980. The molecule has 0 amide bonds. The van der Waals surface area contributed by atoms with Crippen molar-refractivity contribution in [2.45, 2.75) is 49.6 Å². The van der Waals surface area contributed by atoms with Gasteiger partial charge in [-0.25, -0.2) is 12.8 Å². The van der Waals surface area contributed by atoms with E-state index in [0.29, 0.717) is 5.56 Å². The van der Waals surface area contributed by atoms with Crippen molar-refractivity contribution >= 4 is 10.0 Å². The monoisotopic (exact) mass is 300 g/mol. The molecule has 0 heterocycles. The molecule has 4 nitrogen and oxygen atoms in total. The summed E-state index contributed by atoms with van der Waals surface area (Å²) < 4.78 is 39.9. The number of benzene rings is 1. The van der Waals surface area contributed by atoms with Crippen LogP contribution < -0.4 is 5.73 Å². The lowest BCUT2D eigenvalue weighted by molar-refractivity contribution is 0.268. The van der Waals surface area contributed by atoms with Gasteiger partial charge in [0, 0.05) is 19.1 Å². The van der Waals surface area contributed by atoms with Crippen LogP contribution in [0.2, 0.25) is 0 Å². The topological polar surface area (TPSA) is 63.4 Å². The van der Waals surface area contributed by atoms with Crippen LogP contribution in [0.1, 0.15) is 31.2 Å². The van der Waals surface area contributed by atoms with Gasteiger partial charge in [0.2, 0.25) is 10.0 Å². The van der Waals surface area contributed by atoms with Crippen molar-refractivity contribution in [1.82, 2.24) is 4.31 Å². The molecule has 0 aliphatic heterocycles. The third kappa shape index (κ3) is 3.02. The summed E-state index contributed by atoms with van der Waals surface area (Å²) in [6.45, 7) is 1.68. The van der Waals surface area contributed by atoms with E-state index in [-0.39, 0.29) is 17.0 Å². The molecule has 6 heteroatoms. The van der Waals surface area contributed by atoms with E-state index in [2.05, 4.69) is 0 Å². The van der Waals surface area contributed by atoms with Gasteiger partial charge in [-0.1, -0.05) is 6.07 Å². The van der Waals surface area contributed by atoms with Crippen LogP contribution in [-0.2, 0) is 10.0 Å². The average Bonchev–Trinajstić information content (AvgIpc) is 2.41. The minimum Gasteiger partial charge on any atom is -0.328 e. The van der Waals surface area contributed by atoms with Gasteiger partial charge in [-0.15, -0.1) is 0 Å². The third-order valence-electron chi connectivity index (χ3n) is 4.06. The van der Waals surface area contributed by atoms with Crippen molar-refractivity contribution in [2.24, 2.45) is 5.73 Å². The Balaban J connectivity index is 2.27. The van der Waals surface area contributed by atoms with Crippen LogP contribution in [0.5, 0.6) is 0 Å². The Bertz CT molecular complexity index is 581. The molecular formula is C14H21FN2O2S. The first-order valence-corrected chi connectivity index (χ1v) is 8.26. The molecule has 0 unspecified atom stereocenters. The zero-order chi connectivity index (χ0) is 14.9. The van der Waals surface area contributed by atoms with E-state index in [1.165, 1.54) is 16.4 Å². The maximum Gasteiger partial charge on any atom is 0.243 e. The number of aryl methyl sites for hydroxylation is 1. The molecule has 0 spiro atoms. The zero-order valence-electron chi connectivity index (χ0n) is 11.8. The minimum absolute atomic E-state index is 0.0508. The molecule has 1 aliphatic rings. The fourth-order valence-electron chi connectivity index (χ4n) is 2.67. The molecule has 112 valence electrons. The lowest BCUT2D eigenvalue weighted by atomic mass is 9.92. The Kier molecular flexibility index (Phi) is 4.46. The number of nitrogens with zero attached hydrogens (tertiary/aromatic N) is 1. The van der Waals surface area contributed by atoms with Crippen LogP contribution in [0, 0.1) is 12.7 Å². The van der Waals surface area contributed by atoms with Crippen LogP contribution in [0.4, 0.5) is 4.39 Å². The molecule has 0 radical (unpaired) electrons. The van der Waals surface area contributed by atoms with E-state index >= 15 is 0 Å². The summed E-state index contributed by atoms with van der Waals surface area (Å²) in [5.41, 5.74) is 6.40. The summed E-state index contributed by atoms with van der Waals surface area (Å²) in [5.74, 6) is -0.534. The lowest BCUT2D eigenvalue weighted by Gasteiger charge is -2.33. The number of rotatable bonds is 3. The molecule has 2 N–H and O–H groups in total. The van der Waals surface area contributed by atoms with Crippen LogP contribution in [0.15, 0.2) is 23.1 Å². The molecule has 0 aromatic heterocycles. The molecule has 20 heavy (non-hydrogen) atoms. The van der Waals surface area contributed by atoms with Gasteiger partial charge in [0.15, 0.2) is 0 Å². The second-order valence-electron chi connectivity index (χ2n) is 5.50. The summed E-state index contributed by atoms with van der Waals surface area (Å²) >= 11 is 0. The van der Waals surface area contributed by atoms with Crippen LogP contribution in [0.25, 0.3) is 0 Å². The molecule has 0 saturated heterocycles. The Morgan fingerprint density at radius 2 is 1.85 bits per heavy atom. The standard InChI is InChI=1S/C14H21FN2O2S/c1-10-3-4-11(15)9-14(10)20(18,19)17(2)13-7-5-12(16)6-8-13/h3-4,9,12-13H,5-8,16H2,1-2H3. The van der Waals surface area contributed by atoms with Gasteiger partial charge in [-0.05, 0) is 50.3 Å². The largest absolute Gasteiger partial charge is 0.328 e. The van der Waals surface area contributed by atoms with Crippen LogP contribution in [0.3, 0.4) is 0 Å². The zero-order valence-corrected chi connectivity index (χ0v) is 12.7. The number of hydrogen-bond acceptors (Lipinski definition) is 3. The van der Waals surface area contributed by atoms with E-state index in [9.17, 15) is 12.8 Å². The molecule has 0 atom stereocenters. The van der Waals surface area contributed by atoms with Gasteiger partial charge in [0.25, 0.3) is 0 Å². The van der Waals surface area contributed by atoms with E-state index in [4.69, 9.17) is 5.73 Å². The highest BCUT2D eigenvalue weighted by Crippen LogP contribution is 2.27. The summed E-state index contributed by atoms with van der Waals surface area (Å²) in [7, 11) is -2.09. The van der Waals surface area contributed by atoms with Crippen molar-refractivity contribution in [3.05, 3.63) is 29.6 Å². The average molecular weight is 300 g/mol. The predicted octanol–water partition coefficient (Wildman–Crippen LogP) is 2.02. The van der Waals surface area contributed by atoms with Crippen molar-refractivity contribution < 1.29 is 12.8 Å². The number of nitrogens with two attached hydrogens (primary N) is 1. The summed E-state index contributed by atoms with van der Waals surface area (Å²) in [4.78, 5) is 0.0508. The van der Waals surface area contributed by atoms with E-state index in [1.807, 2.05) is 0 Å². The van der Waals surface area contributed by atoms with Gasteiger partial charge < -0.3 is 5.73 Å². The van der Waals surface area contributed by atoms with Crippen LogP contribution in [-0.4, -0.2) is 31.9 Å². The number of halogens is 1. The summed E-state index contributed by atoms with van der Waals surface area (Å²) in [6.07, 6.45) is 3.16. The smallest absolute Gasteiger partial charge is 0.243 e. The first-order chi connectivity index (χ1) is 9.32. The van der Waals surface area contributed by atoms with Gasteiger partial charge in [0.1, 0.15) is 5.82 Å². The highest BCUT2D eigenvalue weighted by atomic mass is 32.2. The molecule has 1 saturated carbocycles. The third-order valence-corrected chi connectivity index (χ3v) is 6.11. The number of hydrogen-bond donors (Lipinski definition) is 1. The summed E-state index contributed by atoms with van der Waals surface area (Å²) in [5, 5.41) is 0. The molecule has 1 fully saturated rings. The molecule has 0 bridgehead atoms. The van der Waals surface area contributed by atoms with Crippen molar-refractivity contribution in [3.63, 3.8) is 0 Å². The second-order valence-corrected chi connectivity index (χ2v) is 7.47. The van der Waals surface area contributed by atoms with Crippen molar-refractivity contribution in [1.29, 1.82) is 0 Å². The van der Waals surface area contributed by atoms with Gasteiger partial charge in [0.05, 0.1) is 4.90 Å². The van der Waals surface area contributed by atoms with E-state index in [1.54, 1.807) is 14.0 Å². The van der Waals surface area contributed by atoms with Gasteiger partial charge in [-0.2, -0.15) is 4.31 Å². The Morgan fingerprint density at radius 3 is 2.45 bits per heavy atom. The van der Waals surface area contributed by atoms with E-state index in [0.717, 1.165) is 31.7 Å². The first-order valence-electron chi connectivity index (χ1n) is 6.82. The molecule has 1 aliphatic carbocycles. The molecular weight excluding hydrogens is 279 g/mol. The second kappa shape index (κ2) is 5.79. The highest BCUT2D eigenvalue weighted by molar-refractivity contribution is 7.89. The van der Waals surface area contributed by atoms with E-state index < -0.39 is 15.8 Å². The van der Waals surface area contributed by atoms with Crippen molar-refractivity contribution in [2.75, 3.05) is 7.05 Å². The quantitative estimate of drug-likeness (QED) is 0.929. The fourth-order valence-corrected chi connectivity index (χ4v) is 4.32. The van der Waals surface area contributed by atoms with Crippen molar-refractivity contribution in [3.8, 4) is 0 Å². The SMILES string of the molecule is Cc1ccc(F)cc1S(=O)(=O)N(C)C1CCC(N)CC1. The maximum absolute atomic E-state index is 13.3. The normalized spacial score (nSPS) is 24.1. The molecule has 1 aromatic carbocycles. The van der Waals surface area contributed by atoms with Crippen LogP contribution >= 0.6 is 0 Å². The fraction of sp³-hybridized carbons (Fsp3) is 0.571. The first kappa shape index (κ1) is 15.4. The van der Waals surface area contributed by atoms with Gasteiger partial charge in [-0.3, -0.25) is 0 Å². The van der Waals surface area contributed by atoms with Gasteiger partial charge >= 0.3 is 0 Å². The Morgan fingerprint density at radius 1 is 1.25 bits per heavy atom. The molecule has 1 aromatic rings. The Labute approximate surface area is 119 Å². The lowest BCUT2D eigenvalue weighted by Crippen LogP contribution is -2.42. The summed E-state index contributed by atoms with van der Waals surface area (Å²) in [6, 6.07) is 3.97. The predicted molar refractivity (Wildman–Crippen MR) is 76.3 cm³/mol. The highest BCUT2D eigenvalue weighted by Gasteiger charge is 2.31.